The van der Waals surface area contributed by atoms with E-state index in [-0.39, 0.29) is 23.2 Å². The third kappa shape index (κ3) is 3.76. The van der Waals surface area contributed by atoms with Crippen molar-refractivity contribution in [3.8, 4) is 11.5 Å². The average molecular weight is 384 g/mol. The van der Waals surface area contributed by atoms with Crippen LogP contribution < -0.4 is 4.72 Å². The molecule has 0 aliphatic heterocycles. The summed E-state index contributed by atoms with van der Waals surface area (Å²) in [6, 6.07) is 12.8. The molecule has 2 aromatic carbocycles. The summed E-state index contributed by atoms with van der Waals surface area (Å²) in [5.74, 6) is 0.351. The number of hydrogen-bond acceptors (Lipinski definition) is 5. The van der Waals surface area contributed by atoms with Crippen LogP contribution in [-0.2, 0) is 16.6 Å². The van der Waals surface area contributed by atoms with E-state index in [0.717, 1.165) is 0 Å². The van der Waals surface area contributed by atoms with Crippen molar-refractivity contribution in [2.24, 2.45) is 0 Å². The molecule has 124 valence electrons. The van der Waals surface area contributed by atoms with Gasteiger partial charge in [-0.25, -0.2) is 13.1 Å². The summed E-state index contributed by atoms with van der Waals surface area (Å²) in [6.45, 7) is -0.136. The van der Waals surface area contributed by atoms with Crippen LogP contribution >= 0.6 is 23.2 Å². The molecule has 0 radical (unpaired) electrons. The fourth-order valence-electron chi connectivity index (χ4n) is 1.92. The van der Waals surface area contributed by atoms with Gasteiger partial charge in [-0.1, -0.05) is 35.3 Å². The maximum Gasteiger partial charge on any atom is 0.249 e. The SMILES string of the molecule is O=S(=O)(NCc1nnc(-c2ccccc2Cl)o1)c1ccc(Cl)cc1. The molecule has 0 amide bonds. The zero-order valence-corrected chi connectivity index (χ0v) is 14.4. The fraction of sp³-hybridized carbons (Fsp3) is 0.0667. The van der Waals surface area contributed by atoms with Crippen molar-refractivity contribution in [2.45, 2.75) is 11.4 Å². The number of rotatable bonds is 5. The van der Waals surface area contributed by atoms with Crippen molar-refractivity contribution in [1.82, 2.24) is 14.9 Å². The van der Waals surface area contributed by atoms with Crippen molar-refractivity contribution < 1.29 is 12.8 Å². The number of benzene rings is 2. The van der Waals surface area contributed by atoms with Crippen LogP contribution in [-0.4, -0.2) is 18.6 Å². The quantitative estimate of drug-likeness (QED) is 0.728. The van der Waals surface area contributed by atoms with Crippen molar-refractivity contribution in [3.05, 3.63) is 64.5 Å². The lowest BCUT2D eigenvalue weighted by Crippen LogP contribution is -2.23. The van der Waals surface area contributed by atoms with Gasteiger partial charge in [0.05, 0.1) is 22.0 Å². The number of nitrogens with zero attached hydrogens (tertiary/aromatic N) is 2. The van der Waals surface area contributed by atoms with Gasteiger partial charge in [0.25, 0.3) is 0 Å². The number of aromatic nitrogens is 2. The molecule has 1 aromatic heterocycles. The molecule has 0 saturated heterocycles. The van der Waals surface area contributed by atoms with Gasteiger partial charge in [0.15, 0.2) is 0 Å². The van der Waals surface area contributed by atoms with Gasteiger partial charge in [-0.2, -0.15) is 0 Å². The van der Waals surface area contributed by atoms with E-state index in [0.29, 0.717) is 15.6 Å². The molecule has 0 atom stereocenters. The number of sulfonamides is 1. The first-order chi connectivity index (χ1) is 11.5. The van der Waals surface area contributed by atoms with Crippen LogP contribution in [0.5, 0.6) is 0 Å². The molecular weight excluding hydrogens is 373 g/mol. The Balaban J connectivity index is 1.74. The third-order valence-electron chi connectivity index (χ3n) is 3.11. The van der Waals surface area contributed by atoms with Crippen LogP contribution in [0.4, 0.5) is 0 Å². The minimum absolute atomic E-state index is 0.0951. The Morgan fingerprint density at radius 3 is 2.42 bits per heavy atom. The van der Waals surface area contributed by atoms with E-state index >= 15 is 0 Å². The lowest BCUT2D eigenvalue weighted by atomic mass is 10.2. The number of halogens is 2. The van der Waals surface area contributed by atoms with Crippen molar-refractivity contribution in [1.29, 1.82) is 0 Å². The molecule has 0 spiro atoms. The second-order valence-electron chi connectivity index (χ2n) is 4.76. The highest BCUT2D eigenvalue weighted by Gasteiger charge is 2.16. The highest BCUT2D eigenvalue weighted by atomic mass is 35.5. The van der Waals surface area contributed by atoms with Gasteiger partial charge in [0.2, 0.25) is 21.8 Å². The van der Waals surface area contributed by atoms with Crippen molar-refractivity contribution >= 4 is 33.2 Å². The average Bonchev–Trinajstić information content (AvgIpc) is 3.03. The van der Waals surface area contributed by atoms with Gasteiger partial charge in [0, 0.05) is 5.02 Å². The molecule has 24 heavy (non-hydrogen) atoms. The highest BCUT2D eigenvalue weighted by molar-refractivity contribution is 7.89. The minimum atomic E-state index is -3.70. The van der Waals surface area contributed by atoms with E-state index in [9.17, 15) is 8.42 Å². The summed E-state index contributed by atoms with van der Waals surface area (Å²) in [7, 11) is -3.70. The van der Waals surface area contributed by atoms with Crippen molar-refractivity contribution in [3.63, 3.8) is 0 Å². The van der Waals surface area contributed by atoms with E-state index in [1.54, 1.807) is 24.3 Å². The second-order valence-corrected chi connectivity index (χ2v) is 7.37. The van der Waals surface area contributed by atoms with Gasteiger partial charge in [0.1, 0.15) is 0 Å². The normalized spacial score (nSPS) is 11.6. The van der Waals surface area contributed by atoms with Gasteiger partial charge >= 0.3 is 0 Å². The first-order valence-corrected chi connectivity index (χ1v) is 9.02. The zero-order chi connectivity index (χ0) is 17.2. The summed E-state index contributed by atoms with van der Waals surface area (Å²) < 4.78 is 32.2. The van der Waals surface area contributed by atoms with E-state index in [2.05, 4.69) is 14.9 Å². The Hall–Kier alpha value is -1.93. The first kappa shape index (κ1) is 16.9. The summed E-state index contributed by atoms with van der Waals surface area (Å²) in [6.07, 6.45) is 0. The van der Waals surface area contributed by atoms with Crippen LogP contribution in [0.3, 0.4) is 0 Å². The second kappa shape index (κ2) is 6.90. The molecule has 0 saturated carbocycles. The lowest BCUT2D eigenvalue weighted by Gasteiger charge is -2.04. The van der Waals surface area contributed by atoms with Crippen LogP contribution in [0.25, 0.3) is 11.5 Å². The Morgan fingerprint density at radius 2 is 1.71 bits per heavy atom. The monoisotopic (exact) mass is 383 g/mol. The van der Waals surface area contributed by atoms with Gasteiger partial charge < -0.3 is 4.42 Å². The Labute approximate surface area is 148 Å². The smallest absolute Gasteiger partial charge is 0.249 e. The topological polar surface area (TPSA) is 85.1 Å². The predicted molar refractivity (Wildman–Crippen MR) is 90.2 cm³/mol. The van der Waals surface area contributed by atoms with Crippen LogP contribution in [0, 0.1) is 0 Å². The van der Waals surface area contributed by atoms with E-state index in [4.69, 9.17) is 27.6 Å². The van der Waals surface area contributed by atoms with Gasteiger partial charge in [-0.3, -0.25) is 0 Å². The summed E-state index contributed by atoms with van der Waals surface area (Å²) >= 11 is 11.8. The predicted octanol–water partition coefficient (Wildman–Crippen LogP) is 3.52. The Morgan fingerprint density at radius 1 is 1.00 bits per heavy atom. The van der Waals surface area contributed by atoms with Crippen LogP contribution in [0.1, 0.15) is 5.89 Å². The number of hydrogen-bond donors (Lipinski definition) is 1. The van der Waals surface area contributed by atoms with E-state index < -0.39 is 10.0 Å². The molecule has 9 heteroatoms. The molecule has 0 aliphatic carbocycles. The molecule has 6 nitrogen and oxygen atoms in total. The maximum absolute atomic E-state index is 12.2. The number of nitrogens with one attached hydrogen (secondary N) is 1. The molecule has 1 N–H and O–H groups in total. The zero-order valence-electron chi connectivity index (χ0n) is 12.1. The first-order valence-electron chi connectivity index (χ1n) is 6.78. The van der Waals surface area contributed by atoms with Crippen LogP contribution in [0.15, 0.2) is 57.8 Å². The van der Waals surface area contributed by atoms with Crippen LogP contribution in [0.2, 0.25) is 10.0 Å². The molecule has 3 rings (SSSR count). The standard InChI is InChI=1S/C15H11Cl2N3O3S/c16-10-5-7-11(8-6-10)24(21,22)18-9-14-19-20-15(23-14)12-3-1-2-4-13(12)17/h1-8,18H,9H2. The Kier molecular flexibility index (Phi) is 4.86. The third-order valence-corrected chi connectivity index (χ3v) is 5.11. The maximum atomic E-state index is 12.2. The van der Waals surface area contributed by atoms with E-state index in [1.165, 1.54) is 24.3 Å². The molecule has 0 unspecified atom stereocenters. The molecule has 0 bridgehead atoms. The van der Waals surface area contributed by atoms with Gasteiger partial charge in [-0.05, 0) is 36.4 Å². The summed E-state index contributed by atoms with van der Waals surface area (Å²) in [4.78, 5) is 0.0951. The largest absolute Gasteiger partial charge is 0.419 e. The van der Waals surface area contributed by atoms with Gasteiger partial charge in [-0.15, -0.1) is 10.2 Å². The highest BCUT2D eigenvalue weighted by Crippen LogP contribution is 2.26. The molecule has 0 fully saturated rings. The molecule has 3 aromatic rings. The minimum Gasteiger partial charge on any atom is -0.419 e. The molecule has 1 heterocycles. The Bertz CT molecular complexity index is 956. The fourth-order valence-corrected chi connectivity index (χ4v) is 3.24. The van der Waals surface area contributed by atoms with E-state index in [1.807, 2.05) is 0 Å². The summed E-state index contributed by atoms with van der Waals surface area (Å²) in [5, 5.41) is 8.62. The molecular formula is C15H11Cl2N3O3S. The lowest BCUT2D eigenvalue weighted by molar-refractivity contribution is 0.494. The van der Waals surface area contributed by atoms with Crippen molar-refractivity contribution in [2.75, 3.05) is 0 Å². The molecule has 0 aliphatic rings. The summed E-state index contributed by atoms with van der Waals surface area (Å²) in [5.41, 5.74) is 0.582.